The van der Waals surface area contributed by atoms with Gasteiger partial charge in [0.1, 0.15) is 0 Å². The lowest BCUT2D eigenvalue weighted by molar-refractivity contribution is 0.186. The van der Waals surface area contributed by atoms with Crippen molar-refractivity contribution >= 4 is 23.4 Å². The van der Waals surface area contributed by atoms with Crippen molar-refractivity contribution in [2.24, 2.45) is 0 Å². The summed E-state index contributed by atoms with van der Waals surface area (Å²) in [6.45, 7) is 0.630. The van der Waals surface area contributed by atoms with Crippen LogP contribution in [0.15, 0.2) is 24.3 Å². The monoisotopic (exact) mass is 229 g/mol. The third kappa shape index (κ3) is 3.42. The van der Waals surface area contributed by atoms with Crippen LogP contribution < -0.4 is 4.90 Å². The summed E-state index contributed by atoms with van der Waals surface area (Å²) in [5, 5.41) is 9.48. The molecule has 0 fully saturated rings. The Kier molecular flexibility index (Phi) is 4.39. The van der Waals surface area contributed by atoms with Crippen molar-refractivity contribution in [1.29, 1.82) is 0 Å². The van der Waals surface area contributed by atoms with Gasteiger partial charge >= 0.3 is 6.09 Å². The highest BCUT2D eigenvalue weighted by Crippen LogP contribution is 2.19. The summed E-state index contributed by atoms with van der Waals surface area (Å²) < 4.78 is 4.84. The van der Waals surface area contributed by atoms with Crippen LogP contribution in [0.1, 0.15) is 0 Å². The molecule has 1 amide bonds. The van der Waals surface area contributed by atoms with E-state index in [1.54, 1.807) is 24.3 Å². The molecule has 1 N–H and O–H groups in total. The van der Waals surface area contributed by atoms with Crippen molar-refractivity contribution in [2.45, 2.75) is 0 Å². The molecule has 4 nitrogen and oxygen atoms in total. The molecule has 0 spiro atoms. The summed E-state index contributed by atoms with van der Waals surface area (Å²) in [5.74, 6) is 0. The maximum atomic E-state index is 10.9. The molecule has 1 aromatic carbocycles. The van der Waals surface area contributed by atoms with Gasteiger partial charge in [-0.05, 0) is 18.2 Å². The van der Waals surface area contributed by atoms with Crippen LogP contribution in [0.25, 0.3) is 0 Å². The van der Waals surface area contributed by atoms with Gasteiger partial charge in [-0.3, -0.25) is 4.90 Å². The molecule has 0 saturated carbocycles. The van der Waals surface area contributed by atoms with E-state index in [2.05, 4.69) is 0 Å². The van der Waals surface area contributed by atoms with Crippen LogP contribution in [0.2, 0.25) is 5.02 Å². The van der Waals surface area contributed by atoms with Gasteiger partial charge in [0.05, 0.1) is 13.2 Å². The topological polar surface area (TPSA) is 49.8 Å². The standard InChI is InChI=1S/C10H12ClNO3/c1-15-6-5-12(10(13)14)9-4-2-3-8(11)7-9/h2-4,7H,5-6H2,1H3,(H,13,14). The molecule has 0 aliphatic carbocycles. The van der Waals surface area contributed by atoms with Crippen LogP contribution in [0.5, 0.6) is 0 Å². The zero-order valence-electron chi connectivity index (χ0n) is 8.31. The number of carboxylic acid groups (broad SMARTS) is 1. The number of methoxy groups -OCH3 is 1. The predicted octanol–water partition coefficient (Wildman–Crippen LogP) is 2.47. The molecule has 0 atom stereocenters. The highest BCUT2D eigenvalue weighted by molar-refractivity contribution is 6.30. The first-order chi connectivity index (χ1) is 7.15. The van der Waals surface area contributed by atoms with Crippen molar-refractivity contribution in [3.05, 3.63) is 29.3 Å². The van der Waals surface area contributed by atoms with Gasteiger partial charge in [0, 0.05) is 17.8 Å². The minimum atomic E-state index is -1.02. The molecule has 0 aliphatic rings. The lowest BCUT2D eigenvalue weighted by Crippen LogP contribution is -2.32. The number of amides is 1. The van der Waals surface area contributed by atoms with E-state index in [-0.39, 0.29) is 6.54 Å². The fourth-order valence-corrected chi connectivity index (χ4v) is 1.35. The highest BCUT2D eigenvalue weighted by atomic mass is 35.5. The zero-order valence-corrected chi connectivity index (χ0v) is 9.07. The summed E-state index contributed by atoms with van der Waals surface area (Å²) in [6, 6.07) is 6.70. The van der Waals surface area contributed by atoms with Gasteiger partial charge in [-0.1, -0.05) is 17.7 Å². The molecule has 0 heterocycles. The lowest BCUT2D eigenvalue weighted by Gasteiger charge is -2.18. The molecular weight excluding hydrogens is 218 g/mol. The molecule has 1 rings (SSSR count). The Balaban J connectivity index is 2.84. The van der Waals surface area contributed by atoms with E-state index >= 15 is 0 Å². The van der Waals surface area contributed by atoms with Crippen molar-refractivity contribution in [1.82, 2.24) is 0 Å². The molecule has 0 saturated heterocycles. The van der Waals surface area contributed by atoms with Gasteiger partial charge < -0.3 is 9.84 Å². The Morgan fingerprint density at radius 2 is 2.33 bits per heavy atom. The molecule has 5 heteroatoms. The van der Waals surface area contributed by atoms with Crippen molar-refractivity contribution in [3.8, 4) is 0 Å². The number of benzene rings is 1. The molecule has 1 aromatic rings. The minimum absolute atomic E-state index is 0.284. The van der Waals surface area contributed by atoms with Crippen LogP contribution in [-0.2, 0) is 4.74 Å². The maximum Gasteiger partial charge on any atom is 0.411 e. The van der Waals surface area contributed by atoms with E-state index in [0.717, 1.165) is 0 Å². The number of hydrogen-bond acceptors (Lipinski definition) is 2. The summed E-state index contributed by atoms with van der Waals surface area (Å²) in [5.41, 5.74) is 0.548. The van der Waals surface area contributed by atoms with E-state index in [0.29, 0.717) is 17.3 Å². The predicted molar refractivity (Wildman–Crippen MR) is 58.7 cm³/mol. The van der Waals surface area contributed by atoms with Crippen LogP contribution >= 0.6 is 11.6 Å². The second-order valence-electron chi connectivity index (χ2n) is 2.91. The van der Waals surface area contributed by atoms with Gasteiger partial charge in [-0.2, -0.15) is 0 Å². The van der Waals surface area contributed by atoms with Crippen LogP contribution in [-0.4, -0.2) is 31.5 Å². The van der Waals surface area contributed by atoms with Gasteiger partial charge in [-0.15, -0.1) is 0 Å². The zero-order chi connectivity index (χ0) is 11.3. The normalized spacial score (nSPS) is 10.0. The molecule has 15 heavy (non-hydrogen) atoms. The van der Waals surface area contributed by atoms with E-state index < -0.39 is 6.09 Å². The maximum absolute atomic E-state index is 10.9. The highest BCUT2D eigenvalue weighted by Gasteiger charge is 2.13. The molecule has 0 aliphatic heterocycles. The second-order valence-corrected chi connectivity index (χ2v) is 3.34. The number of anilines is 1. The van der Waals surface area contributed by atoms with Gasteiger partial charge in [-0.25, -0.2) is 4.79 Å². The Bertz CT molecular complexity index is 343. The summed E-state index contributed by atoms with van der Waals surface area (Å²) >= 11 is 5.78. The van der Waals surface area contributed by atoms with Crippen molar-refractivity contribution in [3.63, 3.8) is 0 Å². The fourth-order valence-electron chi connectivity index (χ4n) is 1.16. The molecule has 82 valence electrons. The van der Waals surface area contributed by atoms with Crippen LogP contribution in [0.4, 0.5) is 10.5 Å². The Labute approximate surface area is 93.0 Å². The average Bonchev–Trinajstić information content (AvgIpc) is 2.18. The number of carbonyl (C=O) groups is 1. The first-order valence-corrected chi connectivity index (χ1v) is 4.78. The Hall–Kier alpha value is -1.26. The third-order valence-corrected chi connectivity index (χ3v) is 2.10. The first-order valence-electron chi connectivity index (χ1n) is 4.40. The van der Waals surface area contributed by atoms with Gasteiger partial charge in [0.15, 0.2) is 0 Å². The van der Waals surface area contributed by atoms with E-state index in [1.807, 2.05) is 0 Å². The lowest BCUT2D eigenvalue weighted by atomic mass is 10.3. The quantitative estimate of drug-likeness (QED) is 0.863. The third-order valence-electron chi connectivity index (χ3n) is 1.87. The van der Waals surface area contributed by atoms with Crippen molar-refractivity contribution in [2.75, 3.05) is 25.2 Å². The molecular formula is C10H12ClNO3. The summed E-state index contributed by atoms with van der Waals surface area (Å²) in [6.07, 6.45) is -1.02. The summed E-state index contributed by atoms with van der Waals surface area (Å²) in [4.78, 5) is 12.1. The molecule has 0 unspecified atom stereocenters. The van der Waals surface area contributed by atoms with Gasteiger partial charge in [0.2, 0.25) is 0 Å². The molecule has 0 aromatic heterocycles. The number of ether oxygens (including phenoxy) is 1. The smallest absolute Gasteiger partial charge is 0.411 e. The Morgan fingerprint density at radius 3 is 2.87 bits per heavy atom. The number of rotatable bonds is 4. The fraction of sp³-hybridized carbons (Fsp3) is 0.300. The number of nitrogens with zero attached hydrogens (tertiary/aromatic N) is 1. The summed E-state index contributed by atoms with van der Waals surface area (Å²) in [7, 11) is 1.53. The Morgan fingerprint density at radius 1 is 1.60 bits per heavy atom. The minimum Gasteiger partial charge on any atom is -0.465 e. The number of hydrogen-bond donors (Lipinski definition) is 1. The van der Waals surface area contributed by atoms with E-state index in [4.69, 9.17) is 21.4 Å². The van der Waals surface area contributed by atoms with E-state index in [9.17, 15) is 4.79 Å². The first kappa shape index (κ1) is 11.8. The van der Waals surface area contributed by atoms with Crippen LogP contribution in [0.3, 0.4) is 0 Å². The SMILES string of the molecule is COCCN(C(=O)O)c1cccc(Cl)c1. The second kappa shape index (κ2) is 5.58. The molecule has 0 radical (unpaired) electrons. The average molecular weight is 230 g/mol. The number of halogens is 1. The van der Waals surface area contributed by atoms with Crippen molar-refractivity contribution < 1.29 is 14.6 Å². The van der Waals surface area contributed by atoms with Crippen LogP contribution in [0, 0.1) is 0 Å². The largest absolute Gasteiger partial charge is 0.465 e. The van der Waals surface area contributed by atoms with E-state index in [1.165, 1.54) is 12.0 Å². The van der Waals surface area contributed by atoms with Gasteiger partial charge in [0.25, 0.3) is 0 Å². The molecule has 0 bridgehead atoms.